The van der Waals surface area contributed by atoms with E-state index in [0.717, 1.165) is 31.7 Å². The molecule has 0 N–H and O–H groups in total. The summed E-state index contributed by atoms with van der Waals surface area (Å²) in [6.07, 6.45) is 4.42. The van der Waals surface area contributed by atoms with Crippen LogP contribution in [0.25, 0.3) is 0 Å². The van der Waals surface area contributed by atoms with Gasteiger partial charge in [0.25, 0.3) is 0 Å². The van der Waals surface area contributed by atoms with Gasteiger partial charge in [-0.15, -0.1) is 11.6 Å². The molecule has 3 heteroatoms. The van der Waals surface area contributed by atoms with Gasteiger partial charge in [-0.2, -0.15) is 0 Å². The van der Waals surface area contributed by atoms with Gasteiger partial charge in [0.05, 0.1) is 5.38 Å². The molecule has 0 aliphatic heterocycles. The Morgan fingerprint density at radius 2 is 1.87 bits per heavy atom. The second-order valence-corrected chi connectivity index (χ2v) is 4.58. The minimum absolute atomic E-state index is 0.312. The molecule has 1 aromatic rings. The van der Waals surface area contributed by atoms with E-state index in [-0.39, 0.29) is 5.38 Å². The Bertz CT molecular complexity index is 345. The molecule has 0 aromatic heterocycles. The van der Waals surface area contributed by atoms with Crippen LogP contribution in [-0.2, 0) is 0 Å². The van der Waals surface area contributed by atoms with Crippen molar-refractivity contribution in [1.29, 1.82) is 0 Å². The molecule has 1 aromatic carbocycles. The van der Waals surface area contributed by atoms with Crippen molar-refractivity contribution in [3.05, 3.63) is 35.4 Å². The van der Waals surface area contributed by atoms with Gasteiger partial charge in [-0.1, -0.05) is 18.9 Å². The van der Waals surface area contributed by atoms with E-state index in [1.807, 2.05) is 0 Å². The topological polar surface area (TPSA) is 0 Å². The van der Waals surface area contributed by atoms with Gasteiger partial charge >= 0.3 is 0 Å². The Kier molecular flexibility index (Phi) is 3.25. The molecule has 2 rings (SSSR count). The Balaban J connectivity index is 2.20. The fourth-order valence-electron chi connectivity index (χ4n) is 2.23. The highest BCUT2D eigenvalue weighted by atomic mass is 35.5. The van der Waals surface area contributed by atoms with Crippen molar-refractivity contribution in [2.45, 2.75) is 31.1 Å². The predicted octanol–water partition coefficient (Wildman–Crippen LogP) is 4.43. The van der Waals surface area contributed by atoms with E-state index in [0.29, 0.717) is 11.5 Å². The third-order valence-corrected chi connectivity index (χ3v) is 3.66. The summed E-state index contributed by atoms with van der Waals surface area (Å²) >= 11 is 6.21. The standard InChI is InChI=1S/C12H13ClF2/c13-12(8-3-1-2-4-8)10-6-5-9(14)7-11(10)15/h5-8,12H,1-4H2. The second kappa shape index (κ2) is 4.48. The first kappa shape index (κ1) is 10.9. The summed E-state index contributed by atoms with van der Waals surface area (Å²) in [5, 5.41) is -0.312. The first-order valence-electron chi connectivity index (χ1n) is 5.27. The van der Waals surface area contributed by atoms with Gasteiger partial charge in [-0.05, 0) is 24.8 Å². The summed E-state index contributed by atoms with van der Waals surface area (Å²) in [5.74, 6) is -0.736. The van der Waals surface area contributed by atoms with E-state index >= 15 is 0 Å². The maximum absolute atomic E-state index is 13.4. The lowest BCUT2D eigenvalue weighted by molar-refractivity contribution is 0.500. The van der Waals surface area contributed by atoms with Gasteiger partial charge in [0.1, 0.15) is 11.6 Å². The van der Waals surface area contributed by atoms with Gasteiger partial charge in [0.15, 0.2) is 0 Å². The lowest BCUT2D eigenvalue weighted by atomic mass is 9.97. The van der Waals surface area contributed by atoms with Gasteiger partial charge in [-0.3, -0.25) is 0 Å². The first-order chi connectivity index (χ1) is 7.18. The number of hydrogen-bond acceptors (Lipinski definition) is 0. The molecule has 0 bridgehead atoms. The van der Waals surface area contributed by atoms with Crippen LogP contribution in [0, 0.1) is 17.6 Å². The minimum atomic E-state index is -0.550. The summed E-state index contributed by atoms with van der Waals surface area (Å²) in [6.45, 7) is 0. The largest absolute Gasteiger partial charge is 0.207 e. The predicted molar refractivity (Wildman–Crippen MR) is 56.9 cm³/mol. The minimum Gasteiger partial charge on any atom is -0.207 e. The Morgan fingerprint density at radius 1 is 1.20 bits per heavy atom. The fourth-order valence-corrected chi connectivity index (χ4v) is 2.66. The molecule has 0 radical (unpaired) electrons. The summed E-state index contributed by atoms with van der Waals surface area (Å²) < 4.78 is 26.1. The summed E-state index contributed by atoms with van der Waals surface area (Å²) in [5.41, 5.74) is 0.435. The normalized spacial score (nSPS) is 19.4. The fraction of sp³-hybridized carbons (Fsp3) is 0.500. The summed E-state index contributed by atoms with van der Waals surface area (Å²) in [4.78, 5) is 0. The van der Waals surface area contributed by atoms with E-state index < -0.39 is 11.6 Å². The van der Waals surface area contributed by atoms with Gasteiger partial charge in [0.2, 0.25) is 0 Å². The molecule has 0 nitrogen and oxygen atoms in total. The Labute approximate surface area is 93.2 Å². The molecular weight excluding hydrogens is 218 g/mol. The molecule has 0 saturated heterocycles. The van der Waals surface area contributed by atoms with Crippen LogP contribution in [0.5, 0.6) is 0 Å². The van der Waals surface area contributed by atoms with E-state index in [9.17, 15) is 8.78 Å². The number of rotatable bonds is 2. The summed E-state index contributed by atoms with van der Waals surface area (Å²) in [7, 11) is 0. The molecule has 1 aliphatic carbocycles. The van der Waals surface area contributed by atoms with Crippen LogP contribution in [0.4, 0.5) is 8.78 Å². The highest BCUT2D eigenvalue weighted by Gasteiger charge is 2.26. The average Bonchev–Trinajstić information content (AvgIpc) is 2.69. The van der Waals surface area contributed by atoms with Crippen LogP contribution < -0.4 is 0 Å². The third-order valence-electron chi connectivity index (χ3n) is 3.07. The molecule has 0 heterocycles. The van der Waals surface area contributed by atoms with Crippen LogP contribution in [-0.4, -0.2) is 0 Å². The van der Waals surface area contributed by atoms with Gasteiger partial charge in [-0.25, -0.2) is 8.78 Å². The van der Waals surface area contributed by atoms with Crippen LogP contribution in [0.3, 0.4) is 0 Å². The van der Waals surface area contributed by atoms with E-state index in [1.54, 1.807) is 0 Å². The summed E-state index contributed by atoms with van der Waals surface area (Å²) in [6, 6.07) is 3.63. The number of halogens is 3. The van der Waals surface area contributed by atoms with E-state index in [2.05, 4.69) is 0 Å². The Hall–Kier alpha value is -0.630. The van der Waals surface area contributed by atoms with Crippen molar-refractivity contribution in [2.24, 2.45) is 5.92 Å². The van der Waals surface area contributed by atoms with Crippen LogP contribution in [0.1, 0.15) is 36.6 Å². The molecule has 1 saturated carbocycles. The second-order valence-electron chi connectivity index (χ2n) is 4.11. The smallest absolute Gasteiger partial charge is 0.130 e. The maximum Gasteiger partial charge on any atom is 0.130 e. The highest BCUT2D eigenvalue weighted by Crippen LogP contribution is 2.40. The molecule has 15 heavy (non-hydrogen) atoms. The molecule has 82 valence electrons. The van der Waals surface area contributed by atoms with Crippen molar-refractivity contribution in [3.8, 4) is 0 Å². The van der Waals surface area contributed by atoms with Crippen LogP contribution in [0.15, 0.2) is 18.2 Å². The zero-order valence-corrected chi connectivity index (χ0v) is 9.11. The zero-order chi connectivity index (χ0) is 10.8. The lowest BCUT2D eigenvalue weighted by Crippen LogP contribution is -2.05. The van der Waals surface area contributed by atoms with Crippen molar-refractivity contribution >= 4 is 11.6 Å². The van der Waals surface area contributed by atoms with Crippen molar-refractivity contribution in [1.82, 2.24) is 0 Å². The average molecular weight is 231 g/mol. The van der Waals surface area contributed by atoms with E-state index in [1.165, 1.54) is 12.1 Å². The lowest BCUT2D eigenvalue weighted by Gasteiger charge is -2.17. The molecule has 0 spiro atoms. The zero-order valence-electron chi connectivity index (χ0n) is 8.35. The van der Waals surface area contributed by atoms with Crippen LogP contribution >= 0.6 is 11.6 Å². The Morgan fingerprint density at radius 3 is 2.47 bits per heavy atom. The van der Waals surface area contributed by atoms with Gasteiger partial charge in [0, 0.05) is 11.6 Å². The highest BCUT2D eigenvalue weighted by molar-refractivity contribution is 6.21. The SMILES string of the molecule is Fc1ccc(C(Cl)C2CCCC2)c(F)c1. The quantitative estimate of drug-likeness (QED) is 0.659. The monoisotopic (exact) mass is 230 g/mol. The van der Waals surface area contributed by atoms with Crippen molar-refractivity contribution in [3.63, 3.8) is 0 Å². The van der Waals surface area contributed by atoms with Gasteiger partial charge < -0.3 is 0 Å². The number of alkyl halides is 1. The third kappa shape index (κ3) is 2.31. The molecule has 1 unspecified atom stereocenters. The molecule has 1 fully saturated rings. The maximum atomic E-state index is 13.4. The molecule has 1 aliphatic rings. The molecular formula is C12H13ClF2. The van der Waals surface area contributed by atoms with E-state index in [4.69, 9.17) is 11.6 Å². The first-order valence-corrected chi connectivity index (χ1v) is 5.71. The van der Waals surface area contributed by atoms with Crippen molar-refractivity contribution in [2.75, 3.05) is 0 Å². The number of hydrogen-bond donors (Lipinski definition) is 0. The van der Waals surface area contributed by atoms with Crippen LogP contribution in [0.2, 0.25) is 0 Å². The number of benzene rings is 1. The molecule has 1 atom stereocenters. The van der Waals surface area contributed by atoms with Crippen molar-refractivity contribution < 1.29 is 8.78 Å². The molecule has 0 amide bonds.